The van der Waals surface area contributed by atoms with Crippen LogP contribution in [0.5, 0.6) is 0 Å². The summed E-state index contributed by atoms with van der Waals surface area (Å²) in [5.74, 6) is 1.03. The number of benzene rings is 1. The summed E-state index contributed by atoms with van der Waals surface area (Å²) in [5.41, 5.74) is 0.601. The standard InChI is InChI=1S/C20H28ClN3O3/c21-17-9-10-18(19(15-17)24(26)27)22-11-13-23(14-12-22)20(25)8-4-7-16-5-2-1-3-6-16/h9-10,15-16H,1-8,11-14H2. The number of halogens is 1. The first kappa shape index (κ1) is 19.9. The zero-order valence-corrected chi connectivity index (χ0v) is 16.5. The van der Waals surface area contributed by atoms with E-state index in [9.17, 15) is 14.9 Å². The molecule has 1 aliphatic carbocycles. The quantitative estimate of drug-likeness (QED) is 0.521. The molecule has 27 heavy (non-hydrogen) atoms. The van der Waals surface area contributed by atoms with Gasteiger partial charge in [0.2, 0.25) is 5.91 Å². The van der Waals surface area contributed by atoms with Crippen molar-refractivity contribution < 1.29 is 9.72 Å². The van der Waals surface area contributed by atoms with Crippen molar-refractivity contribution in [3.8, 4) is 0 Å². The van der Waals surface area contributed by atoms with Crippen molar-refractivity contribution in [2.24, 2.45) is 5.92 Å². The van der Waals surface area contributed by atoms with Crippen molar-refractivity contribution in [2.75, 3.05) is 31.1 Å². The predicted octanol–water partition coefficient (Wildman–Crippen LogP) is 4.65. The summed E-state index contributed by atoms with van der Waals surface area (Å²) in [6.07, 6.45) is 9.48. The Morgan fingerprint density at radius 3 is 2.52 bits per heavy atom. The fraction of sp³-hybridized carbons (Fsp3) is 0.650. The lowest BCUT2D eigenvalue weighted by molar-refractivity contribution is -0.384. The van der Waals surface area contributed by atoms with Gasteiger partial charge in [0.05, 0.1) is 4.92 Å². The molecule has 1 aromatic carbocycles. The highest BCUT2D eigenvalue weighted by molar-refractivity contribution is 6.30. The molecule has 6 nitrogen and oxygen atoms in total. The van der Waals surface area contributed by atoms with Gasteiger partial charge in [-0.25, -0.2) is 0 Å². The van der Waals surface area contributed by atoms with Gasteiger partial charge in [0.1, 0.15) is 5.69 Å². The molecule has 0 radical (unpaired) electrons. The van der Waals surface area contributed by atoms with E-state index in [4.69, 9.17) is 11.6 Å². The third kappa shape index (κ3) is 5.34. The Labute approximate surface area is 165 Å². The SMILES string of the molecule is O=C(CCCC1CCCCC1)N1CCN(c2ccc(Cl)cc2[N+](=O)[O-])CC1. The summed E-state index contributed by atoms with van der Waals surface area (Å²) in [6.45, 7) is 2.44. The largest absolute Gasteiger partial charge is 0.362 e. The van der Waals surface area contributed by atoms with Crippen molar-refractivity contribution >= 4 is 28.9 Å². The molecule has 3 rings (SSSR count). The number of hydrogen-bond acceptors (Lipinski definition) is 4. The summed E-state index contributed by atoms with van der Waals surface area (Å²) in [4.78, 5) is 27.3. The minimum atomic E-state index is -0.399. The van der Waals surface area contributed by atoms with Crippen molar-refractivity contribution in [3.63, 3.8) is 0 Å². The molecule has 1 heterocycles. The van der Waals surface area contributed by atoms with Gasteiger partial charge in [0.25, 0.3) is 5.69 Å². The van der Waals surface area contributed by atoms with Crippen molar-refractivity contribution in [1.82, 2.24) is 4.90 Å². The molecular weight excluding hydrogens is 366 g/mol. The number of amides is 1. The molecule has 0 unspecified atom stereocenters. The topological polar surface area (TPSA) is 66.7 Å². The van der Waals surface area contributed by atoms with E-state index in [-0.39, 0.29) is 11.6 Å². The first-order valence-corrected chi connectivity index (χ1v) is 10.4. The lowest BCUT2D eigenvalue weighted by atomic mass is 9.86. The Morgan fingerprint density at radius 1 is 1.15 bits per heavy atom. The maximum absolute atomic E-state index is 12.5. The van der Waals surface area contributed by atoms with E-state index in [0.29, 0.717) is 43.3 Å². The number of rotatable bonds is 6. The van der Waals surface area contributed by atoms with Crippen molar-refractivity contribution in [2.45, 2.75) is 51.4 Å². The van der Waals surface area contributed by atoms with E-state index in [2.05, 4.69) is 0 Å². The molecule has 0 spiro atoms. The monoisotopic (exact) mass is 393 g/mol. The second-order valence-corrected chi connectivity index (χ2v) is 8.09. The van der Waals surface area contributed by atoms with E-state index in [1.165, 1.54) is 44.6 Å². The van der Waals surface area contributed by atoms with Gasteiger partial charge in [-0.15, -0.1) is 0 Å². The van der Waals surface area contributed by atoms with Crippen molar-refractivity contribution in [1.29, 1.82) is 0 Å². The first-order valence-electron chi connectivity index (χ1n) is 10.0. The van der Waals surface area contributed by atoms with Crippen LogP contribution in [-0.2, 0) is 4.79 Å². The predicted molar refractivity (Wildman–Crippen MR) is 107 cm³/mol. The Morgan fingerprint density at radius 2 is 1.85 bits per heavy atom. The summed E-state index contributed by atoms with van der Waals surface area (Å²) in [6, 6.07) is 4.76. The molecule has 148 valence electrons. The number of carbonyl (C=O) groups excluding carboxylic acids is 1. The van der Waals surface area contributed by atoms with E-state index >= 15 is 0 Å². The molecule has 1 saturated heterocycles. The Kier molecular flexibility index (Phi) is 6.94. The lowest BCUT2D eigenvalue weighted by Gasteiger charge is -2.36. The van der Waals surface area contributed by atoms with Gasteiger partial charge < -0.3 is 9.80 Å². The van der Waals surface area contributed by atoms with Crippen LogP contribution >= 0.6 is 11.6 Å². The first-order chi connectivity index (χ1) is 13.0. The van der Waals surface area contributed by atoms with Crippen LogP contribution in [0, 0.1) is 16.0 Å². The second-order valence-electron chi connectivity index (χ2n) is 7.65. The Balaban J connectivity index is 1.47. The Bertz CT molecular complexity index is 668. The third-order valence-corrected chi connectivity index (χ3v) is 6.07. The van der Waals surface area contributed by atoms with E-state index < -0.39 is 4.92 Å². The van der Waals surface area contributed by atoms with Crippen LogP contribution in [0.25, 0.3) is 0 Å². The molecule has 0 atom stereocenters. The highest BCUT2D eigenvalue weighted by atomic mass is 35.5. The summed E-state index contributed by atoms with van der Waals surface area (Å²) in [5, 5.41) is 11.7. The van der Waals surface area contributed by atoms with Gasteiger partial charge in [0.15, 0.2) is 0 Å². The molecule has 0 aromatic heterocycles. The number of anilines is 1. The molecule has 0 N–H and O–H groups in total. The zero-order chi connectivity index (χ0) is 19.2. The number of nitro benzene ring substituents is 1. The van der Waals surface area contributed by atoms with Gasteiger partial charge in [-0.05, 0) is 30.9 Å². The smallest absolute Gasteiger partial charge is 0.294 e. The van der Waals surface area contributed by atoms with E-state index in [0.717, 1.165) is 12.3 Å². The van der Waals surface area contributed by atoms with Gasteiger partial charge in [-0.1, -0.05) is 43.7 Å². The molecule has 1 aliphatic heterocycles. The van der Waals surface area contributed by atoms with Crippen LogP contribution in [0.1, 0.15) is 51.4 Å². The lowest BCUT2D eigenvalue weighted by Crippen LogP contribution is -2.48. The van der Waals surface area contributed by atoms with Crippen molar-refractivity contribution in [3.05, 3.63) is 33.3 Å². The average molecular weight is 394 g/mol. The van der Waals surface area contributed by atoms with E-state index in [1.807, 2.05) is 9.80 Å². The van der Waals surface area contributed by atoms with E-state index in [1.54, 1.807) is 12.1 Å². The molecule has 1 saturated carbocycles. The molecule has 2 aliphatic rings. The zero-order valence-electron chi connectivity index (χ0n) is 15.7. The molecule has 0 bridgehead atoms. The molecular formula is C20H28ClN3O3. The number of nitrogens with zero attached hydrogens (tertiary/aromatic N) is 3. The number of hydrogen-bond donors (Lipinski definition) is 0. The Hall–Kier alpha value is -1.82. The summed E-state index contributed by atoms with van der Waals surface area (Å²) in [7, 11) is 0. The summed E-state index contributed by atoms with van der Waals surface area (Å²) < 4.78 is 0. The second kappa shape index (κ2) is 9.40. The molecule has 1 amide bonds. The molecule has 1 aromatic rings. The van der Waals surface area contributed by atoms with Gasteiger partial charge in [0, 0.05) is 43.7 Å². The third-order valence-electron chi connectivity index (χ3n) is 5.83. The highest BCUT2D eigenvalue weighted by Gasteiger charge is 2.26. The average Bonchev–Trinajstić information content (AvgIpc) is 2.69. The maximum Gasteiger partial charge on any atom is 0.294 e. The van der Waals surface area contributed by atoms with Crippen LogP contribution in [0.2, 0.25) is 5.02 Å². The molecule has 2 fully saturated rings. The van der Waals surface area contributed by atoms with Gasteiger partial charge in [-0.3, -0.25) is 14.9 Å². The fourth-order valence-corrected chi connectivity index (χ4v) is 4.45. The fourth-order valence-electron chi connectivity index (χ4n) is 4.28. The van der Waals surface area contributed by atoms with Crippen LogP contribution in [0.4, 0.5) is 11.4 Å². The van der Waals surface area contributed by atoms with Crippen LogP contribution in [0.15, 0.2) is 18.2 Å². The normalized spacial score (nSPS) is 18.6. The van der Waals surface area contributed by atoms with Crippen LogP contribution < -0.4 is 4.90 Å². The number of carbonyl (C=O) groups is 1. The van der Waals surface area contributed by atoms with Crippen LogP contribution in [0.3, 0.4) is 0 Å². The molecule has 7 heteroatoms. The highest BCUT2D eigenvalue weighted by Crippen LogP contribution is 2.32. The number of piperazine rings is 1. The minimum absolute atomic E-state index is 0.0229. The maximum atomic E-state index is 12.5. The van der Waals surface area contributed by atoms with Gasteiger partial charge in [-0.2, -0.15) is 0 Å². The van der Waals surface area contributed by atoms with Gasteiger partial charge >= 0.3 is 0 Å². The number of nitro groups is 1. The van der Waals surface area contributed by atoms with Crippen LogP contribution in [-0.4, -0.2) is 41.9 Å². The minimum Gasteiger partial charge on any atom is -0.362 e. The summed E-state index contributed by atoms with van der Waals surface area (Å²) >= 11 is 5.89.